The van der Waals surface area contributed by atoms with Crippen molar-refractivity contribution in [3.8, 4) is 0 Å². The predicted molar refractivity (Wildman–Crippen MR) is 73.4 cm³/mol. The van der Waals surface area contributed by atoms with Crippen LogP contribution in [0.5, 0.6) is 0 Å². The van der Waals surface area contributed by atoms with Crippen LogP contribution in [0, 0.1) is 11.8 Å². The van der Waals surface area contributed by atoms with E-state index in [-0.39, 0.29) is 30.3 Å². The van der Waals surface area contributed by atoms with Crippen LogP contribution in [0.15, 0.2) is 0 Å². The zero-order valence-corrected chi connectivity index (χ0v) is 12.1. The highest BCUT2D eigenvalue weighted by Crippen LogP contribution is 2.30. The van der Waals surface area contributed by atoms with Crippen LogP contribution in [0.3, 0.4) is 0 Å². The molecule has 0 heterocycles. The van der Waals surface area contributed by atoms with Crippen molar-refractivity contribution in [2.75, 3.05) is 26.7 Å². The first-order valence-electron chi connectivity index (χ1n) is 7.19. The van der Waals surface area contributed by atoms with Crippen molar-refractivity contribution in [1.29, 1.82) is 0 Å². The maximum atomic E-state index is 12.6. The molecule has 0 radical (unpaired) electrons. The molecule has 0 spiro atoms. The smallest absolute Gasteiger partial charge is 0.325 e. The Bertz CT molecular complexity index is 307. The van der Waals surface area contributed by atoms with Gasteiger partial charge in [-0.05, 0) is 31.7 Å². The topological polar surface area (TPSA) is 72.6 Å². The van der Waals surface area contributed by atoms with Gasteiger partial charge in [0.25, 0.3) is 0 Å². The lowest BCUT2D eigenvalue weighted by Gasteiger charge is -2.33. The van der Waals surface area contributed by atoms with Gasteiger partial charge in [-0.15, -0.1) is 0 Å². The minimum atomic E-state index is -0.359. The van der Waals surface area contributed by atoms with Crippen molar-refractivity contribution in [2.45, 2.75) is 39.0 Å². The second kappa shape index (κ2) is 8.15. The van der Waals surface area contributed by atoms with Crippen molar-refractivity contribution in [3.05, 3.63) is 0 Å². The van der Waals surface area contributed by atoms with E-state index in [0.717, 1.165) is 32.1 Å². The van der Waals surface area contributed by atoms with E-state index in [1.807, 2.05) is 6.92 Å². The summed E-state index contributed by atoms with van der Waals surface area (Å²) in [6.45, 7) is 3.20. The molecule has 19 heavy (non-hydrogen) atoms. The van der Waals surface area contributed by atoms with Crippen molar-refractivity contribution in [1.82, 2.24) is 4.90 Å². The van der Waals surface area contributed by atoms with E-state index in [9.17, 15) is 9.59 Å². The third-order valence-corrected chi connectivity index (χ3v) is 3.88. The molecule has 0 aromatic rings. The van der Waals surface area contributed by atoms with E-state index >= 15 is 0 Å². The van der Waals surface area contributed by atoms with E-state index < -0.39 is 0 Å². The van der Waals surface area contributed by atoms with Crippen molar-refractivity contribution < 1.29 is 14.3 Å². The Morgan fingerprint density at radius 2 is 2.00 bits per heavy atom. The molecule has 0 bridgehead atoms. The summed E-state index contributed by atoms with van der Waals surface area (Å²) in [6, 6.07) is 0. The molecule has 1 amide bonds. The average Bonchev–Trinajstić information content (AvgIpc) is 2.45. The quantitative estimate of drug-likeness (QED) is 0.735. The molecule has 1 fully saturated rings. The molecule has 0 aromatic carbocycles. The number of carbonyl (C=O) groups excluding carboxylic acids is 2. The Hall–Kier alpha value is -1.10. The zero-order chi connectivity index (χ0) is 14.3. The van der Waals surface area contributed by atoms with E-state index in [1.165, 1.54) is 7.11 Å². The van der Waals surface area contributed by atoms with Crippen LogP contribution < -0.4 is 5.73 Å². The van der Waals surface area contributed by atoms with E-state index in [4.69, 9.17) is 5.73 Å². The largest absolute Gasteiger partial charge is 0.468 e. The lowest BCUT2D eigenvalue weighted by Crippen LogP contribution is -2.44. The normalized spacial score (nSPS) is 22.9. The van der Waals surface area contributed by atoms with Gasteiger partial charge in [-0.2, -0.15) is 0 Å². The van der Waals surface area contributed by atoms with E-state index in [0.29, 0.717) is 13.1 Å². The molecule has 2 N–H and O–H groups in total. The van der Waals surface area contributed by atoms with Crippen LogP contribution in [0.1, 0.15) is 39.0 Å². The third-order valence-electron chi connectivity index (χ3n) is 3.88. The number of ether oxygens (including phenoxy) is 1. The number of hydrogen-bond donors (Lipinski definition) is 1. The highest BCUT2D eigenvalue weighted by atomic mass is 16.5. The monoisotopic (exact) mass is 270 g/mol. The second-order valence-corrected chi connectivity index (χ2v) is 5.22. The molecule has 1 aliphatic rings. The fourth-order valence-electron chi connectivity index (χ4n) is 2.81. The molecule has 0 aromatic heterocycles. The highest BCUT2D eigenvalue weighted by molar-refractivity contribution is 5.84. The van der Waals surface area contributed by atoms with Gasteiger partial charge in [0.2, 0.25) is 5.91 Å². The lowest BCUT2D eigenvalue weighted by atomic mass is 9.78. The molecule has 5 heteroatoms. The van der Waals surface area contributed by atoms with Crippen LogP contribution in [0.25, 0.3) is 0 Å². The summed E-state index contributed by atoms with van der Waals surface area (Å²) >= 11 is 0. The van der Waals surface area contributed by atoms with Gasteiger partial charge in [-0.3, -0.25) is 9.59 Å². The lowest BCUT2D eigenvalue weighted by molar-refractivity contribution is -0.149. The molecular formula is C14H26N2O3. The summed E-state index contributed by atoms with van der Waals surface area (Å²) in [5.74, 6) is -0.0440. The zero-order valence-electron chi connectivity index (χ0n) is 12.1. The summed E-state index contributed by atoms with van der Waals surface area (Å²) in [7, 11) is 1.35. The van der Waals surface area contributed by atoms with Crippen LogP contribution in [-0.2, 0) is 14.3 Å². The van der Waals surface area contributed by atoms with Gasteiger partial charge in [-0.1, -0.05) is 19.8 Å². The van der Waals surface area contributed by atoms with E-state index in [1.54, 1.807) is 4.90 Å². The van der Waals surface area contributed by atoms with Crippen molar-refractivity contribution in [2.24, 2.45) is 17.6 Å². The summed E-state index contributed by atoms with van der Waals surface area (Å²) in [5, 5.41) is 0. The molecule has 110 valence electrons. The summed E-state index contributed by atoms with van der Waals surface area (Å²) in [5.41, 5.74) is 5.77. The van der Waals surface area contributed by atoms with Gasteiger partial charge in [-0.25, -0.2) is 0 Å². The first-order valence-corrected chi connectivity index (χ1v) is 7.19. The Labute approximate surface area is 115 Å². The number of nitrogens with zero attached hydrogens (tertiary/aromatic N) is 1. The Morgan fingerprint density at radius 3 is 2.58 bits per heavy atom. The fourth-order valence-corrected chi connectivity index (χ4v) is 2.81. The SMILES string of the molecule is CCCN(CC(=O)OC)C(=O)C1CCCCC1CN. The van der Waals surface area contributed by atoms with Gasteiger partial charge >= 0.3 is 5.97 Å². The summed E-state index contributed by atoms with van der Waals surface area (Å²) in [6.07, 6.45) is 4.97. The molecule has 1 saturated carbocycles. The summed E-state index contributed by atoms with van der Waals surface area (Å²) < 4.78 is 4.66. The first kappa shape index (κ1) is 16.0. The van der Waals surface area contributed by atoms with Gasteiger partial charge < -0.3 is 15.4 Å². The number of methoxy groups -OCH3 is 1. The highest BCUT2D eigenvalue weighted by Gasteiger charge is 2.33. The number of rotatable bonds is 6. The molecule has 2 unspecified atom stereocenters. The number of amides is 1. The van der Waals surface area contributed by atoms with Gasteiger partial charge in [0.15, 0.2) is 0 Å². The van der Waals surface area contributed by atoms with Crippen LogP contribution in [-0.4, -0.2) is 43.5 Å². The van der Waals surface area contributed by atoms with Crippen LogP contribution in [0.2, 0.25) is 0 Å². The van der Waals surface area contributed by atoms with Crippen molar-refractivity contribution in [3.63, 3.8) is 0 Å². The Balaban J connectivity index is 2.70. The number of esters is 1. The molecule has 2 atom stereocenters. The molecule has 0 saturated heterocycles. The average molecular weight is 270 g/mol. The molecule has 0 aliphatic heterocycles. The van der Waals surface area contributed by atoms with E-state index in [2.05, 4.69) is 4.74 Å². The Morgan fingerprint density at radius 1 is 1.32 bits per heavy atom. The molecule has 1 aliphatic carbocycles. The first-order chi connectivity index (χ1) is 9.13. The molecular weight excluding hydrogens is 244 g/mol. The maximum absolute atomic E-state index is 12.6. The van der Waals surface area contributed by atoms with Gasteiger partial charge in [0, 0.05) is 12.5 Å². The molecule has 5 nitrogen and oxygen atoms in total. The summed E-state index contributed by atoms with van der Waals surface area (Å²) in [4.78, 5) is 25.6. The second-order valence-electron chi connectivity index (χ2n) is 5.22. The molecule has 1 rings (SSSR count). The van der Waals surface area contributed by atoms with Crippen LogP contribution >= 0.6 is 0 Å². The van der Waals surface area contributed by atoms with Gasteiger partial charge in [0.05, 0.1) is 7.11 Å². The third kappa shape index (κ3) is 4.49. The number of hydrogen-bond acceptors (Lipinski definition) is 4. The Kier molecular flexibility index (Phi) is 6.84. The number of carbonyl (C=O) groups is 2. The maximum Gasteiger partial charge on any atom is 0.325 e. The fraction of sp³-hybridized carbons (Fsp3) is 0.857. The minimum absolute atomic E-state index is 0.0186. The standard InChI is InChI=1S/C14H26N2O3/c1-3-8-16(10-13(17)19-2)14(18)12-7-5-4-6-11(12)9-15/h11-12H,3-10,15H2,1-2H3. The van der Waals surface area contributed by atoms with Crippen molar-refractivity contribution >= 4 is 11.9 Å². The van der Waals surface area contributed by atoms with Gasteiger partial charge in [0.1, 0.15) is 6.54 Å². The number of nitrogens with two attached hydrogens (primary N) is 1. The minimum Gasteiger partial charge on any atom is -0.468 e. The van der Waals surface area contributed by atoms with Crippen LogP contribution in [0.4, 0.5) is 0 Å². The predicted octanol–water partition coefficient (Wildman–Crippen LogP) is 1.16.